The van der Waals surface area contributed by atoms with Gasteiger partial charge in [-0.3, -0.25) is 4.79 Å². The Bertz CT molecular complexity index is 1040. The molecule has 1 aliphatic heterocycles. The summed E-state index contributed by atoms with van der Waals surface area (Å²) in [6.45, 7) is 2.67. The molecule has 0 bridgehead atoms. The van der Waals surface area contributed by atoms with E-state index in [4.69, 9.17) is 14.2 Å². The number of sulfonamides is 1. The summed E-state index contributed by atoms with van der Waals surface area (Å²) < 4.78 is 43.4. The van der Waals surface area contributed by atoms with Gasteiger partial charge in [-0.2, -0.15) is 4.31 Å². The van der Waals surface area contributed by atoms with E-state index in [-0.39, 0.29) is 23.3 Å². The molecule has 1 N–H and O–H groups in total. The molecule has 1 saturated heterocycles. The molecule has 0 saturated carbocycles. The van der Waals surface area contributed by atoms with Crippen molar-refractivity contribution in [2.75, 3.05) is 34.4 Å². The zero-order chi connectivity index (χ0) is 23.3. The smallest absolute Gasteiger partial charge is 0.243 e. The third-order valence-corrected chi connectivity index (χ3v) is 7.69. The number of piperidine rings is 1. The predicted octanol–water partition coefficient (Wildman–Crippen LogP) is 2.74. The molecular formula is C23H30N2O6S. The Labute approximate surface area is 189 Å². The van der Waals surface area contributed by atoms with Crippen molar-refractivity contribution in [3.8, 4) is 17.2 Å². The van der Waals surface area contributed by atoms with E-state index in [1.165, 1.54) is 4.31 Å². The third-order valence-electron chi connectivity index (χ3n) is 5.80. The van der Waals surface area contributed by atoms with E-state index in [2.05, 4.69) is 5.32 Å². The first-order valence-corrected chi connectivity index (χ1v) is 11.9. The van der Waals surface area contributed by atoms with Crippen molar-refractivity contribution in [1.29, 1.82) is 0 Å². The minimum atomic E-state index is -3.62. The van der Waals surface area contributed by atoms with Crippen LogP contribution in [0, 0.1) is 12.8 Å². The van der Waals surface area contributed by atoms with Crippen LogP contribution in [0.2, 0.25) is 0 Å². The van der Waals surface area contributed by atoms with Crippen molar-refractivity contribution < 1.29 is 27.4 Å². The Morgan fingerprint density at radius 3 is 2.12 bits per heavy atom. The van der Waals surface area contributed by atoms with Gasteiger partial charge in [0.05, 0.1) is 38.3 Å². The van der Waals surface area contributed by atoms with Crippen molar-refractivity contribution in [2.24, 2.45) is 5.92 Å². The summed E-state index contributed by atoms with van der Waals surface area (Å²) in [5.74, 6) is 1.57. The lowest BCUT2D eigenvalue weighted by molar-refractivity contribution is -0.126. The van der Waals surface area contributed by atoms with Gasteiger partial charge >= 0.3 is 0 Å². The van der Waals surface area contributed by atoms with E-state index < -0.39 is 10.0 Å². The number of aryl methyl sites for hydroxylation is 1. The van der Waals surface area contributed by atoms with Crippen LogP contribution in [-0.2, 0) is 21.4 Å². The molecule has 1 fully saturated rings. The maximum atomic E-state index is 13.0. The van der Waals surface area contributed by atoms with Gasteiger partial charge < -0.3 is 19.5 Å². The molecule has 0 atom stereocenters. The van der Waals surface area contributed by atoms with Gasteiger partial charge in [0, 0.05) is 19.0 Å². The van der Waals surface area contributed by atoms with Crippen LogP contribution in [0.25, 0.3) is 0 Å². The first-order valence-electron chi connectivity index (χ1n) is 10.4. The molecule has 0 unspecified atom stereocenters. The highest BCUT2D eigenvalue weighted by Crippen LogP contribution is 2.29. The van der Waals surface area contributed by atoms with Crippen molar-refractivity contribution in [1.82, 2.24) is 9.62 Å². The average molecular weight is 463 g/mol. The molecule has 2 aromatic rings. The fourth-order valence-electron chi connectivity index (χ4n) is 3.94. The molecule has 0 radical (unpaired) electrons. The Morgan fingerprint density at radius 1 is 1.00 bits per heavy atom. The minimum absolute atomic E-state index is 0.102. The van der Waals surface area contributed by atoms with Gasteiger partial charge in [-0.25, -0.2) is 8.42 Å². The summed E-state index contributed by atoms with van der Waals surface area (Å²) in [7, 11) is 1.07. The summed E-state index contributed by atoms with van der Waals surface area (Å²) in [4.78, 5) is 13.0. The largest absolute Gasteiger partial charge is 0.496 e. The fraction of sp³-hybridized carbons (Fsp3) is 0.435. The molecule has 0 spiro atoms. The van der Waals surface area contributed by atoms with Crippen LogP contribution >= 0.6 is 0 Å². The topological polar surface area (TPSA) is 94.2 Å². The molecule has 9 heteroatoms. The maximum absolute atomic E-state index is 13.0. The van der Waals surface area contributed by atoms with Crippen molar-refractivity contribution in [3.05, 3.63) is 47.5 Å². The van der Waals surface area contributed by atoms with Gasteiger partial charge in [0.2, 0.25) is 15.9 Å². The number of ether oxygens (including phenoxy) is 3. The lowest BCUT2D eigenvalue weighted by Crippen LogP contribution is -2.42. The number of hydrogen-bond donors (Lipinski definition) is 1. The predicted molar refractivity (Wildman–Crippen MR) is 121 cm³/mol. The van der Waals surface area contributed by atoms with Gasteiger partial charge in [-0.05, 0) is 55.7 Å². The van der Waals surface area contributed by atoms with Crippen LogP contribution in [0.3, 0.4) is 0 Å². The Balaban J connectivity index is 1.61. The zero-order valence-corrected chi connectivity index (χ0v) is 19.7. The molecule has 8 nitrogen and oxygen atoms in total. The zero-order valence-electron chi connectivity index (χ0n) is 18.9. The average Bonchev–Trinajstić information content (AvgIpc) is 2.82. The second kappa shape index (κ2) is 10.2. The molecule has 0 aromatic heterocycles. The van der Waals surface area contributed by atoms with Crippen molar-refractivity contribution in [2.45, 2.75) is 31.2 Å². The first kappa shape index (κ1) is 23.9. The number of benzene rings is 2. The molecule has 0 aliphatic carbocycles. The molecule has 1 amide bonds. The van der Waals surface area contributed by atoms with Crippen LogP contribution in [0.1, 0.15) is 24.0 Å². The molecule has 1 aliphatic rings. The highest BCUT2D eigenvalue weighted by atomic mass is 32.2. The summed E-state index contributed by atoms with van der Waals surface area (Å²) in [6.07, 6.45) is 0.923. The molecule has 3 rings (SSSR count). The molecule has 2 aromatic carbocycles. The number of amides is 1. The van der Waals surface area contributed by atoms with Crippen molar-refractivity contribution in [3.63, 3.8) is 0 Å². The lowest BCUT2D eigenvalue weighted by Gasteiger charge is -2.30. The van der Waals surface area contributed by atoms with Gasteiger partial charge in [-0.15, -0.1) is 0 Å². The molecular weight excluding hydrogens is 432 g/mol. The number of rotatable bonds is 8. The standard InChI is InChI=1S/C23H30N2O6S/c1-16-14-18(8-9-20(16)29-2)32(27,28)25-12-10-17(11-13-25)23(26)24-15-19-21(30-3)6-5-7-22(19)31-4/h5-9,14,17H,10-13,15H2,1-4H3,(H,24,26). The van der Waals surface area contributed by atoms with E-state index in [1.54, 1.807) is 39.5 Å². The third kappa shape index (κ3) is 4.99. The SMILES string of the molecule is COc1ccc(S(=O)(=O)N2CCC(C(=O)NCc3c(OC)cccc3OC)CC2)cc1C. The van der Waals surface area contributed by atoms with Gasteiger partial charge in [0.15, 0.2) is 0 Å². The van der Waals surface area contributed by atoms with E-state index in [1.807, 2.05) is 25.1 Å². The highest BCUT2D eigenvalue weighted by molar-refractivity contribution is 7.89. The Morgan fingerprint density at radius 2 is 1.59 bits per heavy atom. The molecule has 32 heavy (non-hydrogen) atoms. The van der Waals surface area contributed by atoms with Crippen LogP contribution in [0.4, 0.5) is 0 Å². The Kier molecular flexibility index (Phi) is 7.63. The summed E-state index contributed by atoms with van der Waals surface area (Å²) in [6, 6.07) is 10.3. The number of carbonyl (C=O) groups excluding carboxylic acids is 1. The van der Waals surface area contributed by atoms with Gasteiger partial charge in [0.1, 0.15) is 17.2 Å². The van der Waals surface area contributed by atoms with Crippen LogP contribution in [0.5, 0.6) is 17.2 Å². The van der Waals surface area contributed by atoms with Crippen molar-refractivity contribution >= 4 is 15.9 Å². The summed E-state index contributed by atoms with van der Waals surface area (Å²) in [5, 5.41) is 2.94. The highest BCUT2D eigenvalue weighted by Gasteiger charge is 2.32. The number of carbonyl (C=O) groups is 1. The van der Waals surface area contributed by atoms with E-state index in [0.717, 1.165) is 11.1 Å². The normalized spacial score (nSPS) is 15.2. The van der Waals surface area contributed by atoms with E-state index in [0.29, 0.717) is 43.2 Å². The number of hydrogen-bond acceptors (Lipinski definition) is 6. The fourth-order valence-corrected chi connectivity index (χ4v) is 5.50. The summed E-state index contributed by atoms with van der Waals surface area (Å²) in [5.41, 5.74) is 1.52. The molecule has 174 valence electrons. The lowest BCUT2D eigenvalue weighted by atomic mass is 9.97. The van der Waals surface area contributed by atoms with Crippen LogP contribution in [-0.4, -0.2) is 53.0 Å². The monoisotopic (exact) mass is 462 g/mol. The van der Waals surface area contributed by atoms with E-state index >= 15 is 0 Å². The van der Waals surface area contributed by atoms with Gasteiger partial charge in [-0.1, -0.05) is 6.07 Å². The number of nitrogens with one attached hydrogen (secondary N) is 1. The quantitative estimate of drug-likeness (QED) is 0.648. The number of nitrogens with zero attached hydrogens (tertiary/aromatic N) is 1. The van der Waals surface area contributed by atoms with Crippen LogP contribution < -0.4 is 19.5 Å². The minimum Gasteiger partial charge on any atom is -0.496 e. The van der Waals surface area contributed by atoms with Gasteiger partial charge in [0.25, 0.3) is 0 Å². The Hall–Kier alpha value is -2.78. The summed E-state index contributed by atoms with van der Waals surface area (Å²) >= 11 is 0. The number of methoxy groups -OCH3 is 3. The maximum Gasteiger partial charge on any atom is 0.243 e. The second-order valence-corrected chi connectivity index (χ2v) is 9.61. The van der Waals surface area contributed by atoms with Crippen LogP contribution in [0.15, 0.2) is 41.3 Å². The second-order valence-electron chi connectivity index (χ2n) is 7.67. The van der Waals surface area contributed by atoms with E-state index in [9.17, 15) is 13.2 Å². The first-order chi connectivity index (χ1) is 15.3. The molecule has 1 heterocycles.